The van der Waals surface area contributed by atoms with Crippen LogP contribution >= 0.6 is 15.9 Å². The third-order valence-electron chi connectivity index (χ3n) is 7.63. The molecule has 15 heteroatoms. The van der Waals surface area contributed by atoms with E-state index in [1.807, 2.05) is 0 Å². The molecule has 0 aliphatic carbocycles. The van der Waals surface area contributed by atoms with Crippen LogP contribution in [0.3, 0.4) is 0 Å². The molecule has 262 valence electrons. The van der Waals surface area contributed by atoms with Gasteiger partial charge in [-0.3, -0.25) is 14.2 Å². The quantitative estimate of drug-likeness (QED) is 0.0936. The summed E-state index contributed by atoms with van der Waals surface area (Å²) in [4.78, 5) is 49.6. The summed E-state index contributed by atoms with van der Waals surface area (Å²) >= 11 is 3.47. The van der Waals surface area contributed by atoms with Crippen LogP contribution in [0.25, 0.3) is 22.6 Å². The van der Waals surface area contributed by atoms with Gasteiger partial charge < -0.3 is 36.9 Å². The summed E-state index contributed by atoms with van der Waals surface area (Å²) in [5, 5.41) is 28.0. The molecular weight excluding hydrogens is 720 g/mol. The molecule has 1 aromatic heterocycles. The predicted octanol–water partition coefficient (Wildman–Crippen LogP) is 4.75. The molecule has 51 heavy (non-hydrogen) atoms. The van der Waals surface area contributed by atoms with E-state index >= 15 is 0 Å². The van der Waals surface area contributed by atoms with E-state index in [-0.39, 0.29) is 25.1 Å². The fourth-order valence-electron chi connectivity index (χ4n) is 5.03. The minimum absolute atomic E-state index is 0.0996. The fraction of sp³-hybridized carbons (Fsp3) is 0.222. The fourth-order valence-corrected chi connectivity index (χ4v) is 5.39. The summed E-state index contributed by atoms with van der Waals surface area (Å²) in [5.41, 5.74) is 13.9. The third kappa shape index (κ3) is 9.95. The molecule has 2 atom stereocenters. The summed E-state index contributed by atoms with van der Waals surface area (Å²) in [5.74, 6) is -0.513. The molecule has 0 saturated carbocycles. The van der Waals surface area contributed by atoms with Crippen molar-refractivity contribution >= 4 is 68.1 Å². The zero-order chi connectivity index (χ0) is 37.1. The maximum Gasteiger partial charge on any atom is 0.418 e. The highest BCUT2D eigenvalue weighted by molar-refractivity contribution is 9.10. The lowest BCUT2D eigenvalue weighted by Crippen LogP contribution is -2.49. The second-order valence-corrected chi connectivity index (χ2v) is 12.3. The largest absolute Gasteiger partial charge is 0.496 e. The van der Waals surface area contributed by atoms with Crippen LogP contribution in [0.15, 0.2) is 71.3 Å². The number of benzene rings is 3. The maximum absolute atomic E-state index is 13.4. The minimum Gasteiger partial charge on any atom is -0.496 e. The van der Waals surface area contributed by atoms with Gasteiger partial charge in [-0.2, -0.15) is 10.5 Å². The van der Waals surface area contributed by atoms with Crippen LogP contribution in [0.2, 0.25) is 0 Å². The number of carbonyl (C=O) groups excluding carboxylic acids is 4. The molecule has 3 aromatic carbocycles. The number of hydrogen-bond acceptors (Lipinski definition) is 9. The van der Waals surface area contributed by atoms with Gasteiger partial charge in [-0.1, -0.05) is 28.1 Å². The third-order valence-corrected chi connectivity index (χ3v) is 8.12. The van der Waals surface area contributed by atoms with Gasteiger partial charge in [0.15, 0.2) is 0 Å². The molecule has 0 aliphatic heterocycles. The molecule has 0 bridgehead atoms. The number of allylic oxidation sites excluding steroid dienone is 1. The van der Waals surface area contributed by atoms with Crippen molar-refractivity contribution in [3.05, 3.63) is 93.6 Å². The van der Waals surface area contributed by atoms with E-state index in [4.69, 9.17) is 20.9 Å². The molecule has 4 rings (SSSR count). The predicted molar refractivity (Wildman–Crippen MR) is 194 cm³/mol. The summed E-state index contributed by atoms with van der Waals surface area (Å²) in [7, 11) is 1.49. The Morgan fingerprint density at radius 1 is 1.04 bits per heavy atom. The van der Waals surface area contributed by atoms with Crippen LogP contribution in [0.4, 0.5) is 15.3 Å². The Kier molecular flexibility index (Phi) is 12.9. The van der Waals surface area contributed by atoms with Gasteiger partial charge in [0.1, 0.15) is 18.4 Å². The van der Waals surface area contributed by atoms with E-state index in [2.05, 4.69) is 44.0 Å². The Hall–Kier alpha value is -6.16. The van der Waals surface area contributed by atoms with Crippen LogP contribution in [0, 0.1) is 22.7 Å². The topological polar surface area (TPSA) is 227 Å². The van der Waals surface area contributed by atoms with Gasteiger partial charge in [0.25, 0.3) is 0 Å². The first-order valence-corrected chi connectivity index (χ1v) is 16.4. The highest BCUT2D eigenvalue weighted by Gasteiger charge is 2.23. The molecule has 14 nitrogen and oxygen atoms in total. The van der Waals surface area contributed by atoms with E-state index in [0.717, 1.165) is 4.47 Å². The SMILES string of the molecule is COc1ccc(C#N)cc1/C=C(\C#N)c1cn(C(=O)OCc2ccc(NC(=O)[C@H](CCCNC(N)=O)NC(=O)[C@H](C)N)cc2)c2ccc(Br)cc12. The number of urea groups is 1. The highest BCUT2D eigenvalue weighted by atomic mass is 79.9. The number of ether oxygens (including phenoxy) is 2. The molecule has 0 unspecified atom stereocenters. The minimum atomic E-state index is -0.915. The van der Waals surface area contributed by atoms with Gasteiger partial charge in [0.05, 0.1) is 41.9 Å². The molecule has 1 heterocycles. The lowest BCUT2D eigenvalue weighted by atomic mass is 10.0. The molecule has 4 amide bonds. The molecule has 0 spiro atoms. The summed E-state index contributed by atoms with van der Waals surface area (Å²) in [6, 6.07) is 18.6. The monoisotopic (exact) mass is 754 g/mol. The van der Waals surface area contributed by atoms with Crippen molar-refractivity contribution in [1.29, 1.82) is 10.5 Å². The van der Waals surface area contributed by atoms with Crippen molar-refractivity contribution in [2.45, 2.75) is 38.5 Å². The van der Waals surface area contributed by atoms with E-state index in [1.54, 1.807) is 66.7 Å². The number of rotatable bonds is 13. The number of primary amides is 1. The first-order chi connectivity index (χ1) is 24.4. The van der Waals surface area contributed by atoms with Crippen molar-refractivity contribution in [2.24, 2.45) is 11.5 Å². The number of fused-ring (bicyclic) bond motifs is 1. The smallest absolute Gasteiger partial charge is 0.418 e. The van der Waals surface area contributed by atoms with Crippen molar-refractivity contribution in [3.63, 3.8) is 0 Å². The van der Waals surface area contributed by atoms with Crippen molar-refractivity contribution in [2.75, 3.05) is 19.0 Å². The summed E-state index contributed by atoms with van der Waals surface area (Å²) < 4.78 is 13.1. The Balaban J connectivity index is 1.49. The number of aromatic nitrogens is 1. The zero-order valence-electron chi connectivity index (χ0n) is 27.7. The van der Waals surface area contributed by atoms with Crippen LogP contribution in [-0.2, 0) is 20.9 Å². The van der Waals surface area contributed by atoms with Crippen LogP contribution in [0.5, 0.6) is 5.75 Å². The number of amides is 4. The lowest BCUT2D eigenvalue weighted by Gasteiger charge is -2.20. The van der Waals surface area contributed by atoms with Gasteiger partial charge in [0.2, 0.25) is 11.8 Å². The lowest BCUT2D eigenvalue weighted by molar-refractivity contribution is -0.127. The molecule has 7 N–H and O–H groups in total. The number of nitrogens with one attached hydrogen (secondary N) is 3. The number of nitrogens with two attached hydrogens (primary N) is 2. The summed E-state index contributed by atoms with van der Waals surface area (Å²) in [6.07, 6.45) is 3.03. The van der Waals surface area contributed by atoms with Gasteiger partial charge in [-0.15, -0.1) is 0 Å². The Morgan fingerprint density at radius 3 is 2.43 bits per heavy atom. The van der Waals surface area contributed by atoms with Gasteiger partial charge >= 0.3 is 12.1 Å². The molecule has 0 fully saturated rings. The number of hydrogen-bond donors (Lipinski definition) is 5. The van der Waals surface area contributed by atoms with Gasteiger partial charge in [0, 0.05) is 39.4 Å². The molecule has 4 aromatic rings. The number of halogens is 1. The van der Waals surface area contributed by atoms with Gasteiger partial charge in [-0.05, 0) is 79.9 Å². The second kappa shape index (κ2) is 17.5. The average Bonchev–Trinajstić information content (AvgIpc) is 3.49. The van der Waals surface area contributed by atoms with E-state index in [0.29, 0.717) is 51.0 Å². The number of nitriles is 2. The summed E-state index contributed by atoms with van der Waals surface area (Å²) in [6.45, 7) is 1.62. The molecule has 0 saturated heterocycles. The van der Waals surface area contributed by atoms with E-state index in [1.165, 1.54) is 24.8 Å². The Labute approximate surface area is 302 Å². The average molecular weight is 756 g/mol. The van der Waals surface area contributed by atoms with Gasteiger partial charge in [-0.25, -0.2) is 9.59 Å². The Morgan fingerprint density at radius 2 is 1.78 bits per heavy atom. The molecular formula is C36H35BrN8O6. The molecule has 0 radical (unpaired) electrons. The van der Waals surface area contributed by atoms with Crippen LogP contribution in [0.1, 0.15) is 42.0 Å². The zero-order valence-corrected chi connectivity index (χ0v) is 29.3. The second-order valence-electron chi connectivity index (χ2n) is 11.3. The van der Waals surface area contributed by atoms with Crippen molar-refractivity contribution in [1.82, 2.24) is 15.2 Å². The number of anilines is 1. The highest BCUT2D eigenvalue weighted by Crippen LogP contribution is 2.33. The number of methoxy groups -OCH3 is 1. The van der Waals surface area contributed by atoms with Crippen LogP contribution < -0.4 is 32.2 Å². The number of carbonyl (C=O) groups is 4. The van der Waals surface area contributed by atoms with E-state index in [9.17, 15) is 29.7 Å². The molecule has 0 aliphatic rings. The first kappa shape index (κ1) is 37.7. The maximum atomic E-state index is 13.4. The van der Waals surface area contributed by atoms with E-state index < -0.39 is 36.0 Å². The normalized spacial score (nSPS) is 12.2. The van der Waals surface area contributed by atoms with Crippen molar-refractivity contribution in [3.8, 4) is 17.9 Å². The van der Waals surface area contributed by atoms with Crippen LogP contribution in [-0.4, -0.2) is 54.2 Å². The number of nitrogens with zero attached hydrogens (tertiary/aromatic N) is 3. The first-order valence-electron chi connectivity index (χ1n) is 15.6. The Bertz CT molecular complexity index is 2060. The van der Waals surface area contributed by atoms with Crippen molar-refractivity contribution < 1.29 is 28.7 Å². The standard InChI is InChI=1S/C36H35BrN8O6/c1-21(40)33(46)44-30(4-3-13-42-35(41)48)34(47)43-27-9-5-22(6-10-27)20-51-36(49)45-19-29(28-16-26(37)8-11-31(28)45)25(18-39)15-24-14-23(17-38)7-12-32(24)50-2/h5-12,14-16,19,21,30H,3-4,13,20,40H2,1-2H3,(H,43,47)(H,44,46)(H3,41,42,48)/b25-15+/t21-,30-/m0/s1.